The van der Waals surface area contributed by atoms with Crippen LogP contribution in [0, 0.1) is 0 Å². The number of para-hydroxylation sites is 1. The van der Waals surface area contributed by atoms with Crippen molar-refractivity contribution in [1.82, 2.24) is 9.62 Å². The van der Waals surface area contributed by atoms with Crippen molar-refractivity contribution >= 4 is 21.6 Å². The van der Waals surface area contributed by atoms with Gasteiger partial charge in [-0.25, -0.2) is 13.1 Å². The number of amides is 1. The summed E-state index contributed by atoms with van der Waals surface area (Å²) in [6, 6.07) is 15.6. The molecule has 7 heteroatoms. The summed E-state index contributed by atoms with van der Waals surface area (Å²) in [7, 11) is -3.60. The van der Waals surface area contributed by atoms with E-state index in [-0.39, 0.29) is 24.9 Å². The van der Waals surface area contributed by atoms with E-state index in [9.17, 15) is 13.2 Å². The number of hydrogen-bond acceptors (Lipinski definition) is 4. The highest BCUT2D eigenvalue weighted by atomic mass is 32.2. The number of nitrogens with zero attached hydrogens (tertiary/aromatic N) is 1. The van der Waals surface area contributed by atoms with Crippen molar-refractivity contribution in [3.63, 3.8) is 0 Å². The number of anilines is 1. The lowest BCUT2D eigenvalue weighted by atomic mass is 9.92. The first kappa shape index (κ1) is 20.9. The zero-order valence-electron chi connectivity index (χ0n) is 17.1. The van der Waals surface area contributed by atoms with Gasteiger partial charge in [0.15, 0.2) is 0 Å². The Morgan fingerprint density at radius 2 is 1.80 bits per heavy atom. The molecular weight excluding hydrogens is 398 g/mol. The maximum atomic E-state index is 12.6. The van der Waals surface area contributed by atoms with Gasteiger partial charge in [-0.2, -0.15) is 0 Å². The molecule has 1 saturated heterocycles. The number of fused-ring (bicyclic) bond motifs is 1. The van der Waals surface area contributed by atoms with Gasteiger partial charge in [0.05, 0.1) is 4.90 Å². The summed E-state index contributed by atoms with van der Waals surface area (Å²) >= 11 is 0. The molecule has 1 atom stereocenters. The van der Waals surface area contributed by atoms with E-state index in [0.29, 0.717) is 18.0 Å². The summed E-state index contributed by atoms with van der Waals surface area (Å²) in [4.78, 5) is 14.6. The lowest BCUT2D eigenvalue weighted by molar-refractivity contribution is -0.129. The normalized spacial score (nSPS) is 18.8. The number of hydrogen-bond donors (Lipinski definition) is 2. The van der Waals surface area contributed by atoms with Gasteiger partial charge in [0.25, 0.3) is 0 Å². The van der Waals surface area contributed by atoms with Crippen molar-refractivity contribution in [3.05, 3.63) is 59.7 Å². The third-order valence-electron chi connectivity index (χ3n) is 5.95. The first-order valence-corrected chi connectivity index (χ1v) is 12.2. The molecule has 0 radical (unpaired) electrons. The minimum absolute atomic E-state index is 0.0134. The van der Waals surface area contributed by atoms with Gasteiger partial charge in [0.2, 0.25) is 15.9 Å². The Morgan fingerprint density at radius 1 is 1.03 bits per heavy atom. The molecule has 1 aliphatic heterocycles. The van der Waals surface area contributed by atoms with Gasteiger partial charge in [-0.3, -0.25) is 4.79 Å². The second-order valence-electron chi connectivity index (χ2n) is 8.12. The van der Waals surface area contributed by atoms with Crippen molar-refractivity contribution in [2.24, 2.45) is 0 Å². The number of sulfonamides is 1. The highest BCUT2D eigenvalue weighted by Gasteiger charge is 2.26. The molecule has 2 aromatic rings. The Hall–Kier alpha value is -2.38. The largest absolute Gasteiger partial charge is 0.380 e. The van der Waals surface area contributed by atoms with E-state index >= 15 is 0 Å². The molecule has 1 fully saturated rings. The van der Waals surface area contributed by atoms with Crippen molar-refractivity contribution in [2.75, 3.05) is 25.0 Å². The summed E-state index contributed by atoms with van der Waals surface area (Å²) < 4.78 is 27.9. The zero-order valence-corrected chi connectivity index (χ0v) is 18.0. The summed E-state index contributed by atoms with van der Waals surface area (Å²) in [6.07, 6.45) is 5.29. The van der Waals surface area contributed by atoms with Crippen LogP contribution in [-0.2, 0) is 27.7 Å². The lowest BCUT2D eigenvalue weighted by Gasteiger charge is -2.18. The van der Waals surface area contributed by atoms with Crippen LogP contribution in [0.5, 0.6) is 0 Å². The van der Waals surface area contributed by atoms with Gasteiger partial charge >= 0.3 is 0 Å². The average Bonchev–Trinajstić information content (AvgIpc) is 3.22. The maximum Gasteiger partial charge on any atom is 0.240 e. The topological polar surface area (TPSA) is 78.5 Å². The summed E-state index contributed by atoms with van der Waals surface area (Å²) in [5.41, 5.74) is 3.44. The van der Waals surface area contributed by atoms with Gasteiger partial charge in [-0.15, -0.1) is 0 Å². The van der Waals surface area contributed by atoms with E-state index < -0.39 is 10.0 Å². The van der Waals surface area contributed by atoms with Crippen LogP contribution in [0.25, 0.3) is 0 Å². The fourth-order valence-corrected chi connectivity index (χ4v) is 5.37. The molecule has 1 aliphatic carbocycles. The highest BCUT2D eigenvalue weighted by molar-refractivity contribution is 7.89. The highest BCUT2D eigenvalue weighted by Crippen LogP contribution is 2.24. The lowest BCUT2D eigenvalue weighted by Crippen LogP contribution is -2.34. The summed E-state index contributed by atoms with van der Waals surface area (Å²) in [5, 5.41) is 3.45. The molecule has 1 amide bonds. The van der Waals surface area contributed by atoms with Crippen molar-refractivity contribution < 1.29 is 13.2 Å². The van der Waals surface area contributed by atoms with E-state index in [4.69, 9.17) is 0 Å². The predicted octanol–water partition coefficient (Wildman–Crippen LogP) is 2.95. The fourth-order valence-electron chi connectivity index (χ4n) is 4.29. The minimum Gasteiger partial charge on any atom is -0.380 e. The van der Waals surface area contributed by atoms with E-state index in [1.165, 1.54) is 5.56 Å². The molecule has 0 bridgehead atoms. The smallest absolute Gasteiger partial charge is 0.240 e. The molecule has 2 aliphatic rings. The zero-order chi connectivity index (χ0) is 21.0. The van der Waals surface area contributed by atoms with Crippen molar-refractivity contribution in [1.29, 1.82) is 0 Å². The molecule has 160 valence electrons. The molecule has 0 saturated carbocycles. The SMILES string of the molecule is O=C(CCNS(=O)(=O)c1ccc2c(c1)CCCC2)N1CCC(Nc2ccccc2)C1. The monoisotopic (exact) mass is 427 g/mol. The fraction of sp³-hybridized carbons (Fsp3) is 0.435. The molecule has 2 N–H and O–H groups in total. The summed E-state index contributed by atoms with van der Waals surface area (Å²) in [5.74, 6) is -0.0134. The van der Waals surface area contributed by atoms with Gasteiger partial charge < -0.3 is 10.2 Å². The van der Waals surface area contributed by atoms with E-state index in [2.05, 4.69) is 10.0 Å². The van der Waals surface area contributed by atoms with Crippen molar-refractivity contribution in [3.8, 4) is 0 Å². The Morgan fingerprint density at radius 3 is 2.60 bits per heavy atom. The van der Waals surface area contributed by atoms with Gasteiger partial charge in [0, 0.05) is 37.8 Å². The van der Waals surface area contributed by atoms with Crippen LogP contribution in [-0.4, -0.2) is 44.9 Å². The molecule has 4 rings (SSSR count). The number of rotatable bonds is 7. The van der Waals surface area contributed by atoms with Crippen molar-refractivity contribution in [2.45, 2.75) is 49.5 Å². The summed E-state index contributed by atoms with van der Waals surface area (Å²) in [6.45, 7) is 1.46. The predicted molar refractivity (Wildman–Crippen MR) is 118 cm³/mol. The number of likely N-dealkylation sites (tertiary alicyclic amines) is 1. The average molecular weight is 428 g/mol. The quantitative estimate of drug-likeness (QED) is 0.712. The number of benzene rings is 2. The van der Waals surface area contributed by atoms with Gasteiger partial charge in [0.1, 0.15) is 0 Å². The first-order chi connectivity index (χ1) is 14.5. The van der Waals surface area contributed by atoms with E-state index in [1.807, 2.05) is 41.3 Å². The van der Waals surface area contributed by atoms with Crippen LogP contribution < -0.4 is 10.0 Å². The molecule has 2 aromatic carbocycles. The number of carbonyl (C=O) groups is 1. The maximum absolute atomic E-state index is 12.6. The third kappa shape index (κ3) is 5.02. The molecule has 6 nitrogen and oxygen atoms in total. The molecule has 1 unspecified atom stereocenters. The Bertz CT molecular complexity index is 992. The van der Waals surface area contributed by atoms with Crippen LogP contribution in [0.3, 0.4) is 0 Å². The standard InChI is InChI=1S/C23H29N3O3S/c27-23(26-15-13-21(17-26)25-20-8-2-1-3-9-20)12-14-24-30(28,29)22-11-10-18-6-4-5-7-19(18)16-22/h1-3,8-11,16,21,24-25H,4-7,12-15,17H2. The number of nitrogens with one attached hydrogen (secondary N) is 2. The Kier molecular flexibility index (Phi) is 6.39. The van der Waals surface area contributed by atoms with E-state index in [0.717, 1.165) is 43.4 Å². The second kappa shape index (κ2) is 9.18. The van der Waals surface area contributed by atoms with Crippen LogP contribution in [0.4, 0.5) is 5.69 Å². The van der Waals surface area contributed by atoms with Gasteiger partial charge in [-0.1, -0.05) is 24.3 Å². The molecular formula is C23H29N3O3S. The van der Waals surface area contributed by atoms with Crippen LogP contribution in [0.15, 0.2) is 53.4 Å². The minimum atomic E-state index is -3.60. The Balaban J connectivity index is 1.26. The second-order valence-corrected chi connectivity index (χ2v) is 9.89. The van der Waals surface area contributed by atoms with Gasteiger partial charge in [-0.05, 0) is 67.5 Å². The van der Waals surface area contributed by atoms with Crippen LogP contribution >= 0.6 is 0 Å². The van der Waals surface area contributed by atoms with Crippen LogP contribution in [0.2, 0.25) is 0 Å². The van der Waals surface area contributed by atoms with E-state index in [1.54, 1.807) is 12.1 Å². The molecule has 0 spiro atoms. The molecule has 0 aromatic heterocycles. The first-order valence-electron chi connectivity index (χ1n) is 10.7. The van der Waals surface area contributed by atoms with Crippen LogP contribution in [0.1, 0.15) is 36.8 Å². The molecule has 1 heterocycles. The number of carbonyl (C=O) groups excluding carboxylic acids is 1. The third-order valence-corrected chi connectivity index (χ3v) is 7.41. The number of aryl methyl sites for hydroxylation is 2. The molecule has 30 heavy (non-hydrogen) atoms. The Labute approximate surface area is 178 Å².